The summed E-state index contributed by atoms with van der Waals surface area (Å²) in [6.45, 7) is 4.26. The van der Waals surface area contributed by atoms with E-state index in [1.807, 2.05) is 36.4 Å². The Morgan fingerprint density at radius 3 is 1.53 bits per heavy atom. The van der Waals surface area contributed by atoms with E-state index in [1.165, 1.54) is 40.6 Å². The van der Waals surface area contributed by atoms with E-state index < -0.39 is 20.3 Å². The molecule has 222 valence electrons. The molecule has 0 amide bonds. The van der Waals surface area contributed by atoms with Crippen LogP contribution in [0.3, 0.4) is 0 Å². The summed E-state index contributed by atoms with van der Waals surface area (Å²) in [7, 11) is -0.220. The van der Waals surface area contributed by atoms with Crippen molar-refractivity contribution in [2.24, 2.45) is 0 Å². The molecule has 0 aliphatic heterocycles. The van der Waals surface area contributed by atoms with E-state index in [0.717, 1.165) is 16.5 Å². The molecule has 6 rings (SSSR count). The summed E-state index contributed by atoms with van der Waals surface area (Å²) in [5.74, 6) is 0.0621. The molecule has 0 fully saturated rings. The van der Waals surface area contributed by atoms with Gasteiger partial charge in [0.05, 0.1) is 10.9 Å². The molecule has 0 spiro atoms. The van der Waals surface area contributed by atoms with Crippen molar-refractivity contribution in [3.8, 4) is 0 Å². The number of benzene rings is 5. The molecule has 0 radical (unpaired) electrons. The molecule has 1 nitrogen and oxygen atoms in total. The van der Waals surface area contributed by atoms with Gasteiger partial charge in [0, 0.05) is 37.4 Å². The van der Waals surface area contributed by atoms with Gasteiger partial charge in [-0.05, 0) is 68.4 Å². The summed E-state index contributed by atoms with van der Waals surface area (Å²) in [6, 6.07) is 40.3. The molecule has 43 heavy (non-hydrogen) atoms. The van der Waals surface area contributed by atoms with Gasteiger partial charge in [-0.15, -0.1) is 11.3 Å². The van der Waals surface area contributed by atoms with Crippen molar-refractivity contribution in [2.75, 3.05) is 0 Å². The first-order valence-electron chi connectivity index (χ1n) is 12.8. The number of rotatable bonds is 5. The second-order valence-electron chi connectivity index (χ2n) is 9.74. The van der Waals surface area contributed by atoms with Gasteiger partial charge in [-0.25, -0.2) is 0 Å². The normalized spacial score (nSPS) is 12.2. The molecule has 0 N–H and O–H groups in total. The van der Waals surface area contributed by atoms with Crippen LogP contribution in [0.1, 0.15) is 27.0 Å². The molecule has 0 bridgehead atoms. The van der Waals surface area contributed by atoms with E-state index in [9.17, 15) is 18.9 Å². The number of thiophene rings is 1. The summed E-state index contributed by atoms with van der Waals surface area (Å²) in [4.78, 5) is 17.1. The van der Waals surface area contributed by atoms with Gasteiger partial charge in [-0.2, -0.15) is 0 Å². The van der Waals surface area contributed by atoms with E-state index in [4.69, 9.17) is 0 Å². The minimum absolute atomic E-state index is 0. The predicted molar refractivity (Wildman–Crippen MR) is 165 cm³/mol. The number of carbonyl (C=O) groups excluding carboxylic acids is 1. The first-order valence-corrected chi connectivity index (χ1v) is 19.7. The number of fused-ring (bicyclic) bond motifs is 3. The Balaban J connectivity index is 0.000000551. The zero-order valence-electron chi connectivity index (χ0n) is 22.9. The molecule has 0 aliphatic rings. The zero-order chi connectivity index (χ0) is 30.1. The number of hydrogen-bond acceptors (Lipinski definition) is 2. The van der Waals surface area contributed by atoms with Crippen LogP contribution in [-0.4, -0.2) is 26.1 Å². The van der Waals surface area contributed by atoms with Crippen LogP contribution >= 0.6 is 11.3 Å². The van der Waals surface area contributed by atoms with Crippen molar-refractivity contribution in [1.29, 1.82) is 0 Å². The second-order valence-corrected chi connectivity index (χ2v) is 16.5. The van der Waals surface area contributed by atoms with Crippen LogP contribution in [0.25, 0.3) is 20.2 Å². The van der Waals surface area contributed by atoms with E-state index in [1.54, 1.807) is 11.3 Å². The third-order valence-electron chi connectivity index (χ3n) is 6.49. The zero-order valence-corrected chi connectivity index (χ0v) is 27.1. The van der Waals surface area contributed by atoms with Crippen molar-refractivity contribution < 1.29 is 23.6 Å². The molecule has 0 saturated heterocycles. The molecule has 0 atom stereocenters. The van der Waals surface area contributed by atoms with Crippen molar-refractivity contribution in [2.45, 2.75) is 28.5 Å². The Hall–Kier alpha value is -3.26. The van der Waals surface area contributed by atoms with Crippen LogP contribution in [0, 0.1) is 13.8 Å². The number of halogens is 6. The average Bonchev–Trinajstić information content (AvgIpc) is 3.31. The van der Waals surface area contributed by atoms with Crippen molar-refractivity contribution in [3.05, 3.63) is 138 Å². The van der Waals surface area contributed by atoms with E-state index in [2.05, 4.69) is 92.7 Å². The van der Waals surface area contributed by atoms with Gasteiger partial charge in [0.15, 0.2) is 20.5 Å². The third-order valence-corrected chi connectivity index (χ3v) is 9.85. The fourth-order valence-corrected chi connectivity index (χ4v) is 7.68. The van der Waals surface area contributed by atoms with E-state index in [-0.39, 0.29) is 21.4 Å². The molecular weight excluding hydrogens is 712 g/mol. The number of hydrogen-bond donors (Lipinski definition) is 0. The van der Waals surface area contributed by atoms with Crippen LogP contribution in [0.2, 0.25) is 0 Å². The predicted octanol–water partition coefficient (Wildman–Crippen LogP) is 7.72. The van der Waals surface area contributed by atoms with Gasteiger partial charge in [0.25, 0.3) is 0 Å². The summed E-state index contributed by atoms with van der Waals surface area (Å²) in [5, 5.41) is 2.36. The maximum atomic E-state index is 13.2. The van der Waals surface area contributed by atoms with Crippen LogP contribution < -0.4 is 4.70 Å². The molecule has 0 aliphatic carbocycles. The fourth-order valence-electron chi connectivity index (χ4n) is 4.54. The van der Waals surface area contributed by atoms with Gasteiger partial charge in [0.1, 0.15) is 0 Å². The fraction of sp³-hybridized carbons (Fsp3) is 0.0606. The summed E-state index contributed by atoms with van der Waals surface area (Å²) >= 11 is -7.40. The topological polar surface area (TPSA) is 17.1 Å². The van der Waals surface area contributed by atoms with Gasteiger partial charge in [-0.1, -0.05) is 65.7 Å². The molecule has 6 aromatic rings. The third kappa shape index (κ3) is 8.43. The summed E-state index contributed by atoms with van der Waals surface area (Å²) < 4.78 is 52.0. The Bertz CT molecular complexity index is 1820. The van der Waals surface area contributed by atoms with Gasteiger partial charge < -0.3 is 4.70 Å². The maximum absolute atomic E-state index is 13.2. The Kier molecular flexibility index (Phi) is 9.69. The van der Waals surface area contributed by atoms with Crippen LogP contribution in [0.4, 0.5) is 14.1 Å². The first kappa shape index (κ1) is 32.6. The average molecular weight is 737 g/mol. The van der Waals surface area contributed by atoms with Crippen molar-refractivity contribution in [1.82, 2.24) is 0 Å². The molecule has 10 heteroatoms. The van der Waals surface area contributed by atoms with Gasteiger partial charge >= 0.3 is 34.4 Å². The minimum atomic E-state index is -9.19. The van der Waals surface area contributed by atoms with Crippen LogP contribution in [-0.2, 0) is 10.9 Å². The first-order chi connectivity index (χ1) is 19.8. The van der Waals surface area contributed by atoms with E-state index >= 15 is 0 Å². The standard InChI is InChI=1S/C33H25OS2.6FH.Sb/c1-22-8-13-26(14-9-22)36(27-15-10-23(2)11-16-27)28-17-19-32-30(21-28)29-20-25(12-18-31(29)35-32)33(34)24-6-4-3-5-7-24;;;;;;;/h3-21H,1-2H3;6*1H;/q+1;;;;;;;+5/p-6. The molecule has 0 unspecified atom stereocenters. The molecule has 0 saturated carbocycles. The van der Waals surface area contributed by atoms with Gasteiger partial charge in [0.2, 0.25) is 0 Å². The number of ketones is 1. The Morgan fingerprint density at radius 2 is 1.02 bits per heavy atom. The monoisotopic (exact) mass is 736 g/mol. The van der Waals surface area contributed by atoms with Crippen LogP contribution in [0.5, 0.6) is 0 Å². The van der Waals surface area contributed by atoms with E-state index in [0.29, 0.717) is 0 Å². The molecule has 5 aromatic carbocycles. The second kappa shape index (κ2) is 12.8. The van der Waals surface area contributed by atoms with Crippen LogP contribution in [0.15, 0.2) is 130 Å². The number of carbonyl (C=O) groups is 1. The summed E-state index contributed by atoms with van der Waals surface area (Å²) in [5.41, 5.74) is 3.98. The Labute approximate surface area is 256 Å². The quantitative estimate of drug-likeness (QED) is 0.0767. The summed E-state index contributed by atoms with van der Waals surface area (Å²) in [6.07, 6.45) is 0. The Morgan fingerprint density at radius 1 is 0.581 bits per heavy atom. The molecular formula is C33H25F6OS2Sb. The van der Waals surface area contributed by atoms with Crippen molar-refractivity contribution >= 4 is 68.5 Å². The van der Waals surface area contributed by atoms with Gasteiger partial charge in [-0.3, -0.25) is 4.79 Å². The van der Waals surface area contributed by atoms with Crippen molar-refractivity contribution in [3.63, 3.8) is 0 Å². The molecule has 1 aromatic heterocycles. The molecule has 1 heterocycles. The number of aryl methyl sites for hydroxylation is 2. The SMILES string of the molecule is Cc1ccc([S+](c2ccc(C)cc2)c2ccc3sc4ccc(C(=O)c5ccccc5)cc4c3c2)cc1.[F-].[F][Sb]([F])([F])([F])[F].